The smallest absolute Gasteiger partial charge is 0.303 e. The van der Waals surface area contributed by atoms with Crippen molar-refractivity contribution >= 4 is 5.97 Å². The van der Waals surface area contributed by atoms with E-state index in [1.165, 1.54) is 6.92 Å². The molecule has 6 nitrogen and oxygen atoms in total. The summed E-state index contributed by atoms with van der Waals surface area (Å²) in [6.45, 7) is 5.56. The summed E-state index contributed by atoms with van der Waals surface area (Å²) < 4.78 is 31.0. The fourth-order valence-electron chi connectivity index (χ4n) is 5.23. The van der Waals surface area contributed by atoms with Gasteiger partial charge < -0.3 is 23.7 Å². The largest absolute Gasteiger partial charge is 0.457 e. The first-order valence-corrected chi connectivity index (χ1v) is 12.3. The molecule has 6 heteroatoms. The standard InChI is InChI=1S/C30H32O6/c1-21(31)34-26-19-32-25(27-28(26)36-29(2,3)35-27)20-33-30(22-13-7-4-8-14-22,23-15-9-5-10-16-23)24-17-11-6-12-18-24/h4-18,25-28H,19-20H2,1-3H3/t25-,26+,27+,28-/m1/s1. The lowest BCUT2D eigenvalue weighted by Gasteiger charge is -2.40. The molecule has 4 atom stereocenters. The SMILES string of the molecule is CC(=O)O[C@H]1CO[C@H](COC(c2ccccc2)(c2ccccc2)c2ccccc2)[C@@H]2OC(C)(C)O[C@@H]21. The Morgan fingerprint density at radius 1 is 0.833 bits per heavy atom. The average Bonchev–Trinajstić information content (AvgIpc) is 3.23. The molecule has 2 aliphatic rings. The maximum absolute atomic E-state index is 11.7. The van der Waals surface area contributed by atoms with Gasteiger partial charge in [-0.25, -0.2) is 0 Å². The van der Waals surface area contributed by atoms with E-state index in [1.54, 1.807) is 0 Å². The van der Waals surface area contributed by atoms with Crippen molar-refractivity contribution < 1.29 is 28.5 Å². The number of hydrogen-bond donors (Lipinski definition) is 0. The number of fused-ring (bicyclic) bond motifs is 1. The summed E-state index contributed by atoms with van der Waals surface area (Å²) in [4.78, 5) is 11.7. The molecule has 0 N–H and O–H groups in total. The van der Waals surface area contributed by atoms with Crippen molar-refractivity contribution in [3.8, 4) is 0 Å². The predicted octanol–water partition coefficient (Wildman–Crippen LogP) is 4.85. The third kappa shape index (κ3) is 4.82. The van der Waals surface area contributed by atoms with Gasteiger partial charge in [-0.3, -0.25) is 4.79 Å². The van der Waals surface area contributed by atoms with Crippen LogP contribution in [0.3, 0.4) is 0 Å². The van der Waals surface area contributed by atoms with Gasteiger partial charge in [0.2, 0.25) is 0 Å². The van der Waals surface area contributed by atoms with E-state index in [2.05, 4.69) is 36.4 Å². The third-order valence-electron chi connectivity index (χ3n) is 6.69. The molecular weight excluding hydrogens is 456 g/mol. The van der Waals surface area contributed by atoms with Crippen molar-refractivity contribution in [2.45, 2.75) is 56.6 Å². The van der Waals surface area contributed by atoms with Crippen molar-refractivity contribution in [1.82, 2.24) is 0 Å². The molecule has 36 heavy (non-hydrogen) atoms. The van der Waals surface area contributed by atoms with Crippen molar-refractivity contribution in [1.29, 1.82) is 0 Å². The molecule has 3 aromatic rings. The summed E-state index contributed by atoms with van der Waals surface area (Å²) in [5.74, 6) is -1.20. The van der Waals surface area contributed by atoms with Gasteiger partial charge in [-0.1, -0.05) is 91.0 Å². The average molecular weight is 489 g/mol. The lowest BCUT2D eigenvalue weighted by molar-refractivity contribution is -0.191. The zero-order valence-corrected chi connectivity index (χ0v) is 20.8. The Labute approximate surface area is 212 Å². The van der Waals surface area contributed by atoms with Crippen LogP contribution in [0, 0.1) is 0 Å². The number of esters is 1. The summed E-state index contributed by atoms with van der Waals surface area (Å²) in [5.41, 5.74) is 2.16. The monoisotopic (exact) mass is 488 g/mol. The Bertz CT molecular complexity index is 1050. The Balaban J connectivity index is 1.51. The summed E-state index contributed by atoms with van der Waals surface area (Å²) in [7, 11) is 0. The van der Waals surface area contributed by atoms with E-state index in [9.17, 15) is 4.79 Å². The lowest BCUT2D eigenvalue weighted by Crippen LogP contribution is -2.54. The predicted molar refractivity (Wildman–Crippen MR) is 134 cm³/mol. The summed E-state index contributed by atoms with van der Waals surface area (Å²) in [6.07, 6.45) is -1.84. The quantitative estimate of drug-likeness (QED) is 0.350. The van der Waals surface area contributed by atoms with Crippen molar-refractivity contribution in [3.63, 3.8) is 0 Å². The number of carbonyl (C=O) groups is 1. The minimum atomic E-state index is -0.871. The van der Waals surface area contributed by atoms with Gasteiger partial charge in [0.25, 0.3) is 0 Å². The second kappa shape index (κ2) is 10.1. The molecule has 3 aromatic carbocycles. The molecule has 0 saturated carbocycles. The first kappa shape index (κ1) is 24.7. The Hall–Kier alpha value is -3.03. The highest BCUT2D eigenvalue weighted by Crippen LogP contribution is 2.42. The zero-order chi connectivity index (χ0) is 25.2. The summed E-state index contributed by atoms with van der Waals surface area (Å²) >= 11 is 0. The van der Waals surface area contributed by atoms with E-state index in [-0.39, 0.29) is 19.2 Å². The van der Waals surface area contributed by atoms with Crippen LogP contribution in [-0.2, 0) is 34.1 Å². The van der Waals surface area contributed by atoms with Crippen molar-refractivity contribution in [2.75, 3.05) is 13.2 Å². The molecule has 0 amide bonds. The van der Waals surface area contributed by atoms with Crippen LogP contribution in [0.5, 0.6) is 0 Å². The number of ether oxygens (including phenoxy) is 5. The van der Waals surface area contributed by atoms with Crippen LogP contribution in [0.2, 0.25) is 0 Å². The van der Waals surface area contributed by atoms with Crippen LogP contribution in [0.4, 0.5) is 0 Å². The van der Waals surface area contributed by atoms with Gasteiger partial charge in [0.1, 0.15) is 23.9 Å². The molecule has 188 valence electrons. The highest BCUT2D eigenvalue weighted by atomic mass is 16.8. The molecule has 0 spiro atoms. The van der Waals surface area contributed by atoms with Crippen molar-refractivity contribution in [3.05, 3.63) is 108 Å². The minimum absolute atomic E-state index is 0.212. The molecule has 2 fully saturated rings. The molecule has 2 heterocycles. The Morgan fingerprint density at radius 3 is 1.78 bits per heavy atom. The fraction of sp³-hybridized carbons (Fsp3) is 0.367. The second-order valence-corrected chi connectivity index (χ2v) is 9.67. The minimum Gasteiger partial charge on any atom is -0.457 e. The van der Waals surface area contributed by atoms with Crippen LogP contribution in [0.1, 0.15) is 37.5 Å². The van der Waals surface area contributed by atoms with Gasteiger partial charge in [-0.15, -0.1) is 0 Å². The summed E-state index contributed by atoms with van der Waals surface area (Å²) in [5, 5.41) is 0. The van der Waals surface area contributed by atoms with Crippen molar-refractivity contribution in [2.24, 2.45) is 0 Å². The van der Waals surface area contributed by atoms with E-state index < -0.39 is 35.8 Å². The molecule has 0 unspecified atom stereocenters. The first-order valence-electron chi connectivity index (χ1n) is 12.3. The van der Waals surface area contributed by atoms with E-state index in [1.807, 2.05) is 68.4 Å². The van der Waals surface area contributed by atoms with E-state index in [0.717, 1.165) is 16.7 Å². The Kier molecular flexibility index (Phi) is 6.95. The van der Waals surface area contributed by atoms with Crippen LogP contribution < -0.4 is 0 Å². The van der Waals surface area contributed by atoms with Gasteiger partial charge in [0.05, 0.1) is 13.2 Å². The normalized spacial score (nSPS) is 25.2. The Morgan fingerprint density at radius 2 is 1.31 bits per heavy atom. The maximum Gasteiger partial charge on any atom is 0.303 e. The highest BCUT2D eigenvalue weighted by molar-refractivity contribution is 5.66. The molecule has 0 aromatic heterocycles. The number of hydrogen-bond acceptors (Lipinski definition) is 6. The van der Waals surface area contributed by atoms with E-state index >= 15 is 0 Å². The molecule has 0 bridgehead atoms. The molecule has 2 aliphatic heterocycles. The van der Waals surface area contributed by atoms with Gasteiger partial charge in [-0.2, -0.15) is 0 Å². The maximum atomic E-state index is 11.7. The van der Waals surface area contributed by atoms with Crippen LogP contribution in [0.15, 0.2) is 91.0 Å². The first-order chi connectivity index (χ1) is 17.4. The molecule has 0 aliphatic carbocycles. The van der Waals surface area contributed by atoms with E-state index in [0.29, 0.717) is 0 Å². The van der Waals surface area contributed by atoms with Gasteiger partial charge in [0, 0.05) is 6.92 Å². The van der Waals surface area contributed by atoms with Crippen LogP contribution >= 0.6 is 0 Å². The fourth-order valence-corrected chi connectivity index (χ4v) is 5.23. The van der Waals surface area contributed by atoms with Crippen LogP contribution in [-0.4, -0.2) is 49.4 Å². The molecule has 5 rings (SSSR count). The number of rotatable bonds is 7. The van der Waals surface area contributed by atoms with Crippen LogP contribution in [0.25, 0.3) is 0 Å². The zero-order valence-electron chi connectivity index (χ0n) is 20.8. The van der Waals surface area contributed by atoms with Gasteiger partial charge in [-0.05, 0) is 30.5 Å². The molecular formula is C30H32O6. The second-order valence-electron chi connectivity index (χ2n) is 9.67. The topological polar surface area (TPSA) is 63.2 Å². The lowest BCUT2D eigenvalue weighted by atomic mass is 9.80. The van der Waals surface area contributed by atoms with Gasteiger partial charge in [0.15, 0.2) is 11.9 Å². The van der Waals surface area contributed by atoms with E-state index in [4.69, 9.17) is 23.7 Å². The number of carbonyl (C=O) groups excluding carboxylic acids is 1. The van der Waals surface area contributed by atoms with Gasteiger partial charge >= 0.3 is 5.97 Å². The summed E-state index contributed by atoms with van der Waals surface area (Å²) in [6, 6.07) is 30.6. The highest BCUT2D eigenvalue weighted by Gasteiger charge is 2.54. The molecule has 2 saturated heterocycles. The molecule has 0 radical (unpaired) electrons. The third-order valence-corrected chi connectivity index (χ3v) is 6.69. The number of benzene rings is 3.